The smallest absolute Gasteiger partial charge is 0.407 e. The SMILES string of the molecule is Cc1cc(C(O)C(O)CNC(=O)OCc2ccccc2)c(F)cc1F. The highest BCUT2D eigenvalue weighted by molar-refractivity contribution is 5.67. The normalized spacial score (nSPS) is 13.2. The average molecular weight is 351 g/mol. The first-order valence-corrected chi connectivity index (χ1v) is 7.64. The summed E-state index contributed by atoms with van der Waals surface area (Å²) in [4.78, 5) is 11.6. The Bertz CT molecular complexity index is 725. The predicted molar refractivity (Wildman–Crippen MR) is 86.7 cm³/mol. The van der Waals surface area contributed by atoms with Gasteiger partial charge in [-0.2, -0.15) is 0 Å². The van der Waals surface area contributed by atoms with E-state index in [-0.39, 0.29) is 24.3 Å². The van der Waals surface area contributed by atoms with E-state index in [4.69, 9.17) is 4.74 Å². The Morgan fingerprint density at radius 2 is 1.84 bits per heavy atom. The lowest BCUT2D eigenvalue weighted by Crippen LogP contribution is -2.36. The summed E-state index contributed by atoms with van der Waals surface area (Å²) in [5.74, 6) is -1.72. The molecular formula is C18H19F2NO4. The van der Waals surface area contributed by atoms with Gasteiger partial charge in [0.1, 0.15) is 30.4 Å². The molecule has 0 spiro atoms. The third-order valence-electron chi connectivity index (χ3n) is 3.63. The van der Waals surface area contributed by atoms with E-state index in [9.17, 15) is 23.8 Å². The first-order valence-electron chi connectivity index (χ1n) is 7.64. The van der Waals surface area contributed by atoms with Crippen LogP contribution in [-0.4, -0.2) is 29.0 Å². The van der Waals surface area contributed by atoms with Crippen LogP contribution in [0.5, 0.6) is 0 Å². The van der Waals surface area contributed by atoms with Crippen molar-refractivity contribution in [1.29, 1.82) is 0 Å². The zero-order valence-corrected chi connectivity index (χ0v) is 13.6. The van der Waals surface area contributed by atoms with Crippen LogP contribution in [-0.2, 0) is 11.3 Å². The lowest BCUT2D eigenvalue weighted by atomic mass is 10.0. The van der Waals surface area contributed by atoms with Crippen LogP contribution in [0, 0.1) is 18.6 Å². The third kappa shape index (κ3) is 5.23. The first kappa shape index (κ1) is 18.8. The molecule has 0 aliphatic carbocycles. The maximum Gasteiger partial charge on any atom is 0.407 e. The maximum atomic E-state index is 13.7. The first-order chi connectivity index (χ1) is 11.9. The fourth-order valence-electron chi connectivity index (χ4n) is 2.19. The van der Waals surface area contributed by atoms with Crippen LogP contribution in [0.1, 0.15) is 22.8 Å². The number of amides is 1. The monoisotopic (exact) mass is 351 g/mol. The van der Waals surface area contributed by atoms with Crippen molar-refractivity contribution in [2.24, 2.45) is 0 Å². The molecule has 7 heteroatoms. The Morgan fingerprint density at radius 1 is 1.16 bits per heavy atom. The minimum Gasteiger partial charge on any atom is -0.445 e. The van der Waals surface area contributed by atoms with Gasteiger partial charge in [-0.15, -0.1) is 0 Å². The minimum absolute atomic E-state index is 0.0527. The number of aryl methyl sites for hydroxylation is 1. The van der Waals surface area contributed by atoms with Crippen molar-refractivity contribution in [2.75, 3.05) is 6.54 Å². The molecule has 134 valence electrons. The molecule has 0 radical (unpaired) electrons. The van der Waals surface area contributed by atoms with Crippen LogP contribution in [0.15, 0.2) is 42.5 Å². The van der Waals surface area contributed by atoms with Crippen molar-refractivity contribution in [2.45, 2.75) is 25.7 Å². The summed E-state index contributed by atoms with van der Waals surface area (Å²) in [6.07, 6.45) is -3.89. The van der Waals surface area contributed by atoms with E-state index in [0.29, 0.717) is 6.07 Å². The van der Waals surface area contributed by atoms with Gasteiger partial charge < -0.3 is 20.3 Å². The number of ether oxygens (including phenoxy) is 1. The number of benzene rings is 2. The topological polar surface area (TPSA) is 78.8 Å². The minimum atomic E-state index is -1.62. The molecule has 0 saturated heterocycles. The van der Waals surface area contributed by atoms with E-state index in [1.54, 1.807) is 24.3 Å². The third-order valence-corrected chi connectivity index (χ3v) is 3.63. The summed E-state index contributed by atoms with van der Waals surface area (Å²) >= 11 is 0. The van der Waals surface area contributed by atoms with Gasteiger partial charge in [-0.3, -0.25) is 0 Å². The van der Waals surface area contributed by atoms with Crippen molar-refractivity contribution in [3.05, 3.63) is 70.8 Å². The fourth-order valence-corrected chi connectivity index (χ4v) is 2.19. The quantitative estimate of drug-likeness (QED) is 0.747. The number of alkyl carbamates (subject to hydrolysis) is 1. The molecular weight excluding hydrogens is 332 g/mol. The summed E-state index contributed by atoms with van der Waals surface area (Å²) in [7, 11) is 0. The van der Waals surface area contributed by atoms with Crippen LogP contribution < -0.4 is 5.32 Å². The van der Waals surface area contributed by atoms with Crippen LogP contribution in [0.25, 0.3) is 0 Å². The van der Waals surface area contributed by atoms with E-state index in [2.05, 4.69) is 5.32 Å². The Balaban J connectivity index is 1.86. The number of hydrogen-bond acceptors (Lipinski definition) is 4. The molecule has 2 aromatic rings. The number of rotatable bonds is 6. The largest absolute Gasteiger partial charge is 0.445 e. The van der Waals surface area contributed by atoms with E-state index in [1.165, 1.54) is 6.92 Å². The summed E-state index contributed by atoms with van der Waals surface area (Å²) in [5, 5.41) is 22.2. The molecule has 25 heavy (non-hydrogen) atoms. The van der Waals surface area contributed by atoms with Gasteiger partial charge in [0.25, 0.3) is 0 Å². The Kier molecular flexibility index (Phi) is 6.44. The van der Waals surface area contributed by atoms with E-state index in [0.717, 1.165) is 11.6 Å². The van der Waals surface area contributed by atoms with Gasteiger partial charge in [-0.05, 0) is 24.1 Å². The van der Waals surface area contributed by atoms with Crippen molar-refractivity contribution >= 4 is 6.09 Å². The van der Waals surface area contributed by atoms with Crippen molar-refractivity contribution in [1.82, 2.24) is 5.32 Å². The molecule has 2 atom stereocenters. The summed E-state index contributed by atoms with van der Waals surface area (Å²) in [5.41, 5.74) is 0.686. The Labute approximate surface area is 143 Å². The summed E-state index contributed by atoms with van der Waals surface area (Å²) in [6, 6.07) is 10.8. The molecule has 0 saturated carbocycles. The lowest BCUT2D eigenvalue weighted by molar-refractivity contribution is 0.0163. The van der Waals surface area contributed by atoms with Gasteiger partial charge in [0.2, 0.25) is 0 Å². The summed E-state index contributed by atoms with van der Waals surface area (Å²) < 4.78 is 31.9. The fraction of sp³-hybridized carbons (Fsp3) is 0.278. The number of aliphatic hydroxyl groups excluding tert-OH is 2. The second-order valence-corrected chi connectivity index (χ2v) is 5.58. The number of carbonyl (C=O) groups is 1. The molecule has 5 nitrogen and oxygen atoms in total. The van der Waals surface area contributed by atoms with Crippen LogP contribution in [0.3, 0.4) is 0 Å². The highest BCUT2D eigenvalue weighted by Crippen LogP contribution is 2.23. The molecule has 0 heterocycles. The van der Waals surface area contributed by atoms with Gasteiger partial charge in [0.05, 0.1) is 0 Å². The van der Waals surface area contributed by atoms with Gasteiger partial charge >= 0.3 is 6.09 Å². The average Bonchev–Trinajstić information content (AvgIpc) is 2.61. The zero-order valence-electron chi connectivity index (χ0n) is 13.6. The standard InChI is InChI=1S/C18H19F2NO4/c1-11-7-13(15(20)8-14(11)19)17(23)16(22)9-21-18(24)25-10-12-5-3-2-4-6-12/h2-8,16-17,22-23H,9-10H2,1H3,(H,21,24). The number of nitrogens with one attached hydrogen (secondary N) is 1. The van der Waals surface area contributed by atoms with Crippen LogP contribution >= 0.6 is 0 Å². The number of hydrogen-bond donors (Lipinski definition) is 3. The summed E-state index contributed by atoms with van der Waals surface area (Å²) in [6.45, 7) is 1.11. The molecule has 0 bridgehead atoms. The molecule has 0 fully saturated rings. The molecule has 2 unspecified atom stereocenters. The van der Waals surface area contributed by atoms with Gasteiger partial charge in [-0.1, -0.05) is 30.3 Å². The molecule has 1 amide bonds. The van der Waals surface area contributed by atoms with Gasteiger partial charge in [0, 0.05) is 18.2 Å². The van der Waals surface area contributed by atoms with E-state index in [1.807, 2.05) is 6.07 Å². The lowest BCUT2D eigenvalue weighted by Gasteiger charge is -2.19. The van der Waals surface area contributed by atoms with Crippen LogP contribution in [0.2, 0.25) is 0 Å². The van der Waals surface area contributed by atoms with Crippen molar-refractivity contribution < 1.29 is 28.5 Å². The molecule has 0 aliphatic heterocycles. The number of aliphatic hydroxyl groups is 2. The predicted octanol–water partition coefficient (Wildman–Crippen LogP) is 2.59. The molecule has 0 aliphatic rings. The Morgan fingerprint density at radius 3 is 2.52 bits per heavy atom. The number of halogens is 2. The van der Waals surface area contributed by atoms with Crippen molar-refractivity contribution in [3.63, 3.8) is 0 Å². The molecule has 2 rings (SSSR count). The molecule has 3 N–H and O–H groups in total. The van der Waals surface area contributed by atoms with E-state index < -0.39 is 29.9 Å². The highest BCUT2D eigenvalue weighted by atomic mass is 19.1. The number of carbonyl (C=O) groups excluding carboxylic acids is 1. The van der Waals surface area contributed by atoms with Crippen LogP contribution in [0.4, 0.5) is 13.6 Å². The molecule has 2 aromatic carbocycles. The van der Waals surface area contributed by atoms with Gasteiger partial charge in [0.15, 0.2) is 0 Å². The zero-order chi connectivity index (χ0) is 18.4. The highest BCUT2D eigenvalue weighted by Gasteiger charge is 2.23. The molecule has 0 aromatic heterocycles. The second-order valence-electron chi connectivity index (χ2n) is 5.58. The maximum absolute atomic E-state index is 13.7. The Hall–Kier alpha value is -2.51. The van der Waals surface area contributed by atoms with Gasteiger partial charge in [-0.25, -0.2) is 13.6 Å². The second kappa shape index (κ2) is 8.55. The van der Waals surface area contributed by atoms with Crippen molar-refractivity contribution in [3.8, 4) is 0 Å². The van der Waals surface area contributed by atoms with E-state index >= 15 is 0 Å².